The van der Waals surface area contributed by atoms with Crippen LogP contribution in [-0.4, -0.2) is 47.4 Å². The number of pyridine rings is 1. The number of hydrogen-bond acceptors (Lipinski definition) is 4. The number of ether oxygens (including phenoxy) is 1. The molecule has 2 aromatic heterocycles. The lowest BCUT2D eigenvalue weighted by Gasteiger charge is -2.31. The van der Waals surface area contributed by atoms with E-state index in [0.29, 0.717) is 0 Å². The van der Waals surface area contributed by atoms with Crippen molar-refractivity contribution in [2.45, 2.75) is 19.5 Å². The van der Waals surface area contributed by atoms with Gasteiger partial charge in [-0.1, -0.05) is 30.3 Å². The highest BCUT2D eigenvalue weighted by Gasteiger charge is 2.19. The molecule has 1 fully saturated rings. The zero-order valence-electron chi connectivity index (χ0n) is 15.3. The van der Waals surface area contributed by atoms with Crippen LogP contribution in [0.4, 0.5) is 0 Å². The van der Waals surface area contributed by atoms with Gasteiger partial charge in [-0.25, -0.2) is 4.52 Å². The van der Waals surface area contributed by atoms with Crippen LogP contribution in [0.25, 0.3) is 5.52 Å². The lowest BCUT2D eigenvalue weighted by molar-refractivity contribution is 0.0333. The number of morpholine rings is 1. The monoisotopic (exact) mass is 350 g/mol. The molecule has 0 aliphatic carbocycles. The Kier molecular flexibility index (Phi) is 5.29. The van der Waals surface area contributed by atoms with E-state index in [9.17, 15) is 0 Å². The van der Waals surface area contributed by atoms with Gasteiger partial charge in [-0.2, -0.15) is 5.10 Å². The van der Waals surface area contributed by atoms with Crippen molar-refractivity contribution in [3.8, 4) is 0 Å². The molecule has 0 saturated carbocycles. The Morgan fingerprint density at radius 2 is 1.92 bits per heavy atom. The predicted molar refractivity (Wildman–Crippen MR) is 103 cm³/mol. The van der Waals surface area contributed by atoms with E-state index in [0.717, 1.165) is 44.9 Å². The van der Waals surface area contributed by atoms with Gasteiger partial charge in [0.1, 0.15) is 0 Å². The van der Waals surface area contributed by atoms with E-state index < -0.39 is 0 Å². The molecule has 3 heterocycles. The molecule has 26 heavy (non-hydrogen) atoms. The van der Waals surface area contributed by atoms with Crippen molar-refractivity contribution in [3.63, 3.8) is 0 Å². The van der Waals surface area contributed by atoms with Gasteiger partial charge in [-0.05, 0) is 30.2 Å². The minimum Gasteiger partial charge on any atom is -0.379 e. The summed E-state index contributed by atoms with van der Waals surface area (Å²) < 4.78 is 7.44. The molecule has 1 saturated heterocycles. The van der Waals surface area contributed by atoms with Crippen molar-refractivity contribution < 1.29 is 4.74 Å². The van der Waals surface area contributed by atoms with Crippen molar-refractivity contribution in [2.24, 2.45) is 0 Å². The highest BCUT2D eigenvalue weighted by atomic mass is 16.5. The highest BCUT2D eigenvalue weighted by molar-refractivity contribution is 5.53. The Hall–Kier alpha value is -2.21. The maximum Gasteiger partial charge on any atom is 0.0706 e. The summed E-state index contributed by atoms with van der Waals surface area (Å²) in [5.41, 5.74) is 5.09. The van der Waals surface area contributed by atoms with E-state index in [1.54, 1.807) is 0 Å². The molecule has 1 N–H and O–H groups in total. The number of nitrogens with one attached hydrogen (secondary N) is 1. The zero-order chi connectivity index (χ0) is 17.8. The van der Waals surface area contributed by atoms with Gasteiger partial charge in [-0.15, -0.1) is 0 Å². The zero-order valence-corrected chi connectivity index (χ0v) is 15.3. The molecule has 1 aromatic carbocycles. The molecule has 5 nitrogen and oxygen atoms in total. The predicted octanol–water partition coefficient (Wildman–Crippen LogP) is 2.81. The summed E-state index contributed by atoms with van der Waals surface area (Å²) in [5, 5.41) is 8.24. The minimum absolute atomic E-state index is 0.285. The Labute approximate surface area is 154 Å². The molecule has 0 spiro atoms. The standard InChI is InChI=1S/C21H26N4O/c1-17-6-2-3-7-19(17)20(16-24-10-12-26-13-11-24)22-14-18-15-23-25-9-5-4-8-21(18)25/h2-9,15,20,22H,10-14,16H2,1H3. The first kappa shape index (κ1) is 17.2. The van der Waals surface area contributed by atoms with E-state index in [4.69, 9.17) is 4.74 Å². The summed E-state index contributed by atoms with van der Waals surface area (Å²) >= 11 is 0. The highest BCUT2D eigenvalue weighted by Crippen LogP contribution is 2.21. The lowest BCUT2D eigenvalue weighted by Crippen LogP contribution is -2.42. The van der Waals surface area contributed by atoms with E-state index in [-0.39, 0.29) is 6.04 Å². The first-order valence-corrected chi connectivity index (χ1v) is 9.31. The third-order valence-corrected chi connectivity index (χ3v) is 5.15. The van der Waals surface area contributed by atoms with Crippen LogP contribution < -0.4 is 5.32 Å². The molecule has 3 aromatic rings. The fraction of sp³-hybridized carbons (Fsp3) is 0.381. The molecule has 1 unspecified atom stereocenters. The van der Waals surface area contributed by atoms with Gasteiger partial charge in [0, 0.05) is 44.0 Å². The van der Waals surface area contributed by atoms with Crippen LogP contribution in [-0.2, 0) is 11.3 Å². The van der Waals surface area contributed by atoms with E-state index in [1.165, 1.54) is 16.7 Å². The van der Waals surface area contributed by atoms with E-state index in [1.807, 2.05) is 23.0 Å². The van der Waals surface area contributed by atoms with Crippen LogP contribution in [0.15, 0.2) is 54.9 Å². The molecule has 0 bridgehead atoms. The summed E-state index contributed by atoms with van der Waals surface area (Å²) in [6.07, 6.45) is 3.96. The van der Waals surface area contributed by atoms with Crippen molar-refractivity contribution in [1.82, 2.24) is 19.8 Å². The fourth-order valence-corrected chi connectivity index (χ4v) is 3.65. The molecular formula is C21H26N4O. The van der Waals surface area contributed by atoms with Gasteiger partial charge in [-0.3, -0.25) is 4.90 Å². The van der Waals surface area contributed by atoms with Gasteiger partial charge >= 0.3 is 0 Å². The SMILES string of the molecule is Cc1ccccc1C(CN1CCOCC1)NCc1cnn2ccccc12. The number of rotatable bonds is 6. The van der Waals surface area contributed by atoms with Crippen LogP contribution >= 0.6 is 0 Å². The maximum absolute atomic E-state index is 5.50. The largest absolute Gasteiger partial charge is 0.379 e. The second-order valence-electron chi connectivity index (χ2n) is 6.90. The molecular weight excluding hydrogens is 324 g/mol. The summed E-state index contributed by atoms with van der Waals surface area (Å²) in [5.74, 6) is 0. The smallest absolute Gasteiger partial charge is 0.0706 e. The number of fused-ring (bicyclic) bond motifs is 1. The normalized spacial score (nSPS) is 16.8. The Morgan fingerprint density at radius 3 is 2.77 bits per heavy atom. The summed E-state index contributed by atoms with van der Waals surface area (Å²) in [7, 11) is 0. The van der Waals surface area contributed by atoms with Crippen molar-refractivity contribution >= 4 is 5.52 Å². The van der Waals surface area contributed by atoms with Crippen LogP contribution in [0, 0.1) is 6.92 Å². The van der Waals surface area contributed by atoms with Crippen molar-refractivity contribution in [2.75, 3.05) is 32.8 Å². The third kappa shape index (κ3) is 3.80. The summed E-state index contributed by atoms with van der Waals surface area (Å²) in [6.45, 7) is 7.65. The number of hydrogen-bond donors (Lipinski definition) is 1. The average Bonchev–Trinajstić information content (AvgIpc) is 3.10. The van der Waals surface area contributed by atoms with Gasteiger partial charge in [0.15, 0.2) is 0 Å². The summed E-state index contributed by atoms with van der Waals surface area (Å²) in [4.78, 5) is 2.49. The molecule has 1 aliphatic heterocycles. The number of benzene rings is 1. The number of aryl methyl sites for hydroxylation is 1. The number of nitrogens with zero attached hydrogens (tertiary/aromatic N) is 3. The third-order valence-electron chi connectivity index (χ3n) is 5.15. The second kappa shape index (κ2) is 7.99. The van der Waals surface area contributed by atoms with Crippen LogP contribution in [0.3, 0.4) is 0 Å². The van der Waals surface area contributed by atoms with Gasteiger partial charge in [0.05, 0.1) is 24.9 Å². The van der Waals surface area contributed by atoms with Crippen molar-refractivity contribution in [1.29, 1.82) is 0 Å². The second-order valence-corrected chi connectivity index (χ2v) is 6.90. The molecule has 0 amide bonds. The molecule has 4 rings (SSSR count). The van der Waals surface area contributed by atoms with E-state index >= 15 is 0 Å². The number of aromatic nitrogens is 2. The van der Waals surface area contributed by atoms with Crippen LogP contribution in [0.5, 0.6) is 0 Å². The topological polar surface area (TPSA) is 41.8 Å². The molecule has 1 atom stereocenters. The van der Waals surface area contributed by atoms with Gasteiger partial charge in [0.2, 0.25) is 0 Å². The minimum atomic E-state index is 0.285. The molecule has 1 aliphatic rings. The van der Waals surface area contributed by atoms with Crippen LogP contribution in [0.1, 0.15) is 22.7 Å². The quantitative estimate of drug-likeness (QED) is 0.742. The maximum atomic E-state index is 5.50. The van der Waals surface area contributed by atoms with Crippen LogP contribution in [0.2, 0.25) is 0 Å². The first-order valence-electron chi connectivity index (χ1n) is 9.31. The van der Waals surface area contributed by atoms with Gasteiger partial charge in [0.25, 0.3) is 0 Å². The lowest BCUT2D eigenvalue weighted by atomic mass is 10.0. The Balaban J connectivity index is 1.53. The summed E-state index contributed by atoms with van der Waals surface area (Å²) in [6, 6.07) is 15.1. The fourth-order valence-electron chi connectivity index (χ4n) is 3.65. The molecule has 136 valence electrons. The Bertz CT molecular complexity index is 854. The molecule has 0 radical (unpaired) electrons. The van der Waals surface area contributed by atoms with Gasteiger partial charge < -0.3 is 10.1 Å². The average molecular weight is 350 g/mol. The molecule has 5 heteroatoms. The first-order chi connectivity index (χ1) is 12.8. The van der Waals surface area contributed by atoms with Crippen molar-refractivity contribution in [3.05, 3.63) is 71.5 Å². The van der Waals surface area contributed by atoms with E-state index in [2.05, 4.69) is 58.6 Å². The Morgan fingerprint density at radius 1 is 1.12 bits per heavy atom.